The number of ether oxygens (including phenoxy) is 3. The Hall–Kier alpha value is -4.92. The lowest BCUT2D eigenvalue weighted by Gasteiger charge is -2.40. The first kappa shape index (κ1) is 26.7. The highest BCUT2D eigenvalue weighted by molar-refractivity contribution is 6.44. The summed E-state index contributed by atoms with van der Waals surface area (Å²) in [7, 11) is 4.43. The molecule has 4 N–H and O–H groups in total. The summed E-state index contributed by atoms with van der Waals surface area (Å²) in [5.74, 6) is 0.394. The van der Waals surface area contributed by atoms with Crippen molar-refractivity contribution in [2.45, 2.75) is 51.6 Å². The number of phenols is 1. The minimum absolute atomic E-state index is 0.0242. The van der Waals surface area contributed by atoms with Crippen molar-refractivity contribution in [1.29, 1.82) is 0 Å². The van der Waals surface area contributed by atoms with E-state index in [9.17, 15) is 19.8 Å². The molecule has 0 spiro atoms. The Morgan fingerprint density at radius 2 is 1.27 bits per heavy atom. The number of anilines is 2. The van der Waals surface area contributed by atoms with Gasteiger partial charge in [-0.2, -0.15) is 0 Å². The van der Waals surface area contributed by atoms with Crippen LogP contribution in [-0.2, 0) is 0 Å². The molecule has 1 saturated carbocycles. The summed E-state index contributed by atoms with van der Waals surface area (Å²) >= 11 is 0. The topological polar surface area (TPSA) is 126 Å². The molecule has 224 valence electrons. The zero-order valence-electron chi connectivity index (χ0n) is 25.2. The highest BCUT2D eigenvalue weighted by atomic mass is 16.5. The van der Waals surface area contributed by atoms with E-state index in [-0.39, 0.29) is 45.9 Å². The van der Waals surface area contributed by atoms with Crippen LogP contribution in [0.4, 0.5) is 11.4 Å². The van der Waals surface area contributed by atoms with E-state index >= 15 is 0 Å². The predicted molar refractivity (Wildman–Crippen MR) is 175 cm³/mol. The predicted octanol–water partition coefficient (Wildman–Crippen LogP) is 5.64. The highest BCUT2D eigenvalue weighted by Gasteiger charge is 2.36. The lowest BCUT2D eigenvalue weighted by Crippen LogP contribution is -2.45. The van der Waals surface area contributed by atoms with E-state index in [0.29, 0.717) is 54.1 Å². The van der Waals surface area contributed by atoms with Gasteiger partial charge in [0.1, 0.15) is 11.5 Å². The number of aliphatic hydroxyl groups excluding tert-OH is 1. The first-order valence-corrected chi connectivity index (χ1v) is 14.9. The molecule has 2 aliphatic rings. The smallest absolute Gasteiger partial charge is 0.194 e. The van der Waals surface area contributed by atoms with E-state index in [1.807, 2.05) is 13.0 Å². The molecule has 1 fully saturated rings. The monoisotopic (exact) mass is 592 g/mol. The van der Waals surface area contributed by atoms with Crippen molar-refractivity contribution in [3.63, 3.8) is 0 Å². The number of rotatable bonds is 3. The number of hydrogen-bond donors (Lipinski definition) is 4. The van der Waals surface area contributed by atoms with Crippen LogP contribution in [0, 0.1) is 6.92 Å². The fraction of sp³-hybridized carbons (Fsp3) is 0.314. The molecule has 6 aromatic carbocycles. The van der Waals surface area contributed by atoms with Crippen LogP contribution in [0.2, 0.25) is 0 Å². The standard InChI is InChI=1S/C35H32N2O7/c1-13-10-15-23-28-24(33-32(15)36-16-8-6-7-9-17(16)37-33)18(39)11-20(42-3)26(28)27-21(43-4)12-19(40)25-30(27)29(23)31(22(13)14(2)38)35(44-5)34(25)41/h10-12,16-17,36-38,41H,6-9H2,1-5H3. The highest BCUT2D eigenvalue weighted by Crippen LogP contribution is 2.56. The molecule has 9 heteroatoms. The first-order chi connectivity index (χ1) is 21.2. The summed E-state index contributed by atoms with van der Waals surface area (Å²) in [4.78, 5) is 27.9. The minimum Gasteiger partial charge on any atom is -0.512 e. The molecule has 0 saturated heterocycles. The molecule has 44 heavy (non-hydrogen) atoms. The maximum Gasteiger partial charge on any atom is 0.194 e. The first-order valence-electron chi connectivity index (χ1n) is 14.9. The van der Waals surface area contributed by atoms with Crippen molar-refractivity contribution in [2.75, 3.05) is 32.0 Å². The summed E-state index contributed by atoms with van der Waals surface area (Å²) in [6.45, 7) is 3.49. The minimum atomic E-state index is -0.442. The Kier molecular flexibility index (Phi) is 5.49. The number of phenolic OH excluding ortho intramolecular Hbond substituents is 1. The maximum atomic E-state index is 14.2. The van der Waals surface area contributed by atoms with Crippen molar-refractivity contribution in [1.82, 2.24) is 0 Å². The van der Waals surface area contributed by atoms with Crippen molar-refractivity contribution >= 4 is 71.0 Å². The van der Waals surface area contributed by atoms with Crippen LogP contribution in [0.25, 0.3) is 59.6 Å². The molecule has 0 amide bonds. The number of aryl methyl sites for hydroxylation is 1. The fourth-order valence-corrected chi connectivity index (χ4v) is 8.25. The average Bonchev–Trinajstić information content (AvgIpc) is 3.14. The van der Waals surface area contributed by atoms with E-state index in [1.165, 1.54) is 33.5 Å². The van der Waals surface area contributed by atoms with Crippen LogP contribution in [0.1, 0.15) is 38.2 Å². The normalized spacial score (nSPS) is 18.8. The molecule has 1 heterocycles. The summed E-state index contributed by atoms with van der Waals surface area (Å²) < 4.78 is 17.5. The molecule has 2 unspecified atom stereocenters. The van der Waals surface area contributed by atoms with Crippen molar-refractivity contribution < 1.29 is 24.4 Å². The maximum absolute atomic E-state index is 14.2. The second-order valence-corrected chi connectivity index (χ2v) is 12.1. The number of fused-ring (bicyclic) bond motifs is 5. The van der Waals surface area contributed by atoms with Gasteiger partial charge in [-0.3, -0.25) is 9.59 Å². The fourth-order valence-electron chi connectivity index (χ4n) is 8.25. The third-order valence-corrected chi connectivity index (χ3v) is 9.91. The van der Waals surface area contributed by atoms with Gasteiger partial charge in [-0.05, 0) is 38.3 Å². The summed E-state index contributed by atoms with van der Waals surface area (Å²) in [6.07, 6.45) is 4.20. The molecule has 0 aromatic heterocycles. The Balaban J connectivity index is 1.85. The van der Waals surface area contributed by atoms with Crippen LogP contribution < -0.4 is 40.9 Å². The third-order valence-electron chi connectivity index (χ3n) is 9.91. The molecule has 0 radical (unpaired) electrons. The molecule has 2 atom stereocenters. The Labute approximate surface area is 251 Å². The van der Waals surface area contributed by atoms with Gasteiger partial charge in [0.25, 0.3) is 0 Å². The van der Waals surface area contributed by atoms with Gasteiger partial charge < -0.3 is 35.1 Å². The number of hydrogen-bond acceptors (Lipinski definition) is 9. The second kappa shape index (κ2) is 9.05. The number of nitrogens with one attached hydrogen (secondary N) is 2. The van der Waals surface area contributed by atoms with Gasteiger partial charge in [0.15, 0.2) is 22.4 Å². The molecule has 1 aliphatic carbocycles. The number of aromatic hydroxyl groups is 1. The van der Waals surface area contributed by atoms with Crippen LogP contribution in [0.3, 0.4) is 0 Å². The Morgan fingerprint density at radius 3 is 1.84 bits per heavy atom. The number of methoxy groups -OCH3 is 3. The van der Waals surface area contributed by atoms with Crippen molar-refractivity contribution in [3.8, 4) is 23.0 Å². The zero-order valence-corrected chi connectivity index (χ0v) is 25.2. The zero-order chi connectivity index (χ0) is 30.8. The second-order valence-electron chi connectivity index (χ2n) is 12.1. The van der Waals surface area contributed by atoms with E-state index in [2.05, 4.69) is 10.6 Å². The van der Waals surface area contributed by atoms with Gasteiger partial charge in [-0.1, -0.05) is 12.8 Å². The van der Waals surface area contributed by atoms with Gasteiger partial charge in [0.2, 0.25) is 0 Å². The van der Waals surface area contributed by atoms with Crippen molar-refractivity contribution in [3.05, 3.63) is 49.4 Å². The summed E-state index contributed by atoms with van der Waals surface area (Å²) in [5, 5.41) is 36.4. The molecular weight excluding hydrogens is 560 g/mol. The lowest BCUT2D eigenvalue weighted by atomic mass is 9.82. The van der Waals surface area contributed by atoms with Gasteiger partial charge in [-0.25, -0.2) is 0 Å². The van der Waals surface area contributed by atoms with Gasteiger partial charge in [0.05, 0.1) is 49.2 Å². The number of benzene rings is 5. The van der Waals surface area contributed by atoms with E-state index in [1.54, 1.807) is 6.92 Å². The Bertz CT molecular complexity index is 2400. The summed E-state index contributed by atoms with van der Waals surface area (Å²) in [6, 6.07) is 5.20. The van der Waals surface area contributed by atoms with Crippen LogP contribution in [0.15, 0.2) is 27.8 Å². The molecule has 1 aliphatic heterocycles. The van der Waals surface area contributed by atoms with Gasteiger partial charge >= 0.3 is 0 Å². The lowest BCUT2D eigenvalue weighted by molar-refractivity contribution is 0.380. The van der Waals surface area contributed by atoms with Crippen LogP contribution in [-0.4, -0.2) is 43.6 Å². The van der Waals surface area contributed by atoms with Crippen LogP contribution in [0.5, 0.6) is 23.0 Å². The Morgan fingerprint density at radius 1 is 0.727 bits per heavy atom. The largest absolute Gasteiger partial charge is 0.512 e. The molecule has 0 bridgehead atoms. The van der Waals surface area contributed by atoms with E-state index in [0.717, 1.165) is 48.0 Å². The van der Waals surface area contributed by atoms with Gasteiger partial charge in [0, 0.05) is 72.5 Å². The quantitative estimate of drug-likeness (QED) is 0.153. The van der Waals surface area contributed by atoms with Gasteiger partial charge in [-0.15, -0.1) is 0 Å². The SMILES string of the molecule is COc1c(O)c2c(=O)cc(OC)c3c4c(OC)cc(=O)c5c6c(c7cc(C)c(=C(C)O)c1c(c23)c7c54)NC1CCCCC1N6. The number of aliphatic hydroxyl groups is 1. The molecule has 9 nitrogen and oxygen atoms in total. The summed E-state index contributed by atoms with van der Waals surface area (Å²) in [5.41, 5.74) is 1.63. The van der Waals surface area contributed by atoms with Crippen LogP contribution >= 0.6 is 0 Å². The molecular formula is C35H32N2O7. The third kappa shape index (κ3) is 3.14. The van der Waals surface area contributed by atoms with E-state index in [4.69, 9.17) is 14.2 Å². The molecule has 6 aromatic rings. The van der Waals surface area contributed by atoms with E-state index < -0.39 is 5.43 Å². The average molecular weight is 593 g/mol. The molecule has 8 rings (SSSR count). The van der Waals surface area contributed by atoms with Crippen molar-refractivity contribution in [2.24, 2.45) is 0 Å².